The number of aliphatic hydroxyl groups is 3. The third kappa shape index (κ3) is 4.91. The van der Waals surface area contributed by atoms with Crippen LogP contribution in [0, 0.1) is 22.7 Å². The minimum absolute atomic E-state index is 0.0509. The highest BCUT2D eigenvalue weighted by atomic mass is 16.7. The quantitative estimate of drug-likeness (QED) is 0.496. The second kappa shape index (κ2) is 9.52. The third-order valence-electron chi connectivity index (χ3n) is 10.0. The van der Waals surface area contributed by atoms with Gasteiger partial charge in [-0.25, -0.2) is 0 Å². The van der Waals surface area contributed by atoms with E-state index >= 15 is 0 Å². The van der Waals surface area contributed by atoms with E-state index in [0.717, 1.165) is 25.7 Å². The minimum Gasteiger partial charge on any atom is -0.463 e. The van der Waals surface area contributed by atoms with Gasteiger partial charge in [0.25, 0.3) is 0 Å². The van der Waals surface area contributed by atoms with Crippen molar-refractivity contribution in [2.75, 3.05) is 13.2 Å². The molecule has 0 amide bonds. The molecule has 2 saturated heterocycles. The predicted octanol–water partition coefficient (Wildman–Crippen LogP) is 2.94. The Morgan fingerprint density at radius 1 is 0.971 bits per heavy atom. The highest BCUT2D eigenvalue weighted by Gasteiger charge is 2.62. The first kappa shape index (κ1) is 27.3. The second-order valence-electron chi connectivity index (χ2n) is 12.9. The highest BCUT2D eigenvalue weighted by Crippen LogP contribution is 2.65. The van der Waals surface area contributed by atoms with Crippen LogP contribution in [0.5, 0.6) is 0 Å². The smallest absolute Gasteiger partial charge is 0.302 e. The van der Waals surface area contributed by atoms with Gasteiger partial charge in [0.05, 0.1) is 17.8 Å². The molecule has 0 spiro atoms. The van der Waals surface area contributed by atoms with Gasteiger partial charge >= 0.3 is 5.97 Å². The molecule has 3 N–H and O–H groups in total. The molecule has 35 heavy (non-hydrogen) atoms. The summed E-state index contributed by atoms with van der Waals surface area (Å²) in [6.45, 7) is 12.7. The monoisotopic (exact) mass is 498 g/mol. The van der Waals surface area contributed by atoms with Crippen LogP contribution in [0.1, 0.15) is 86.5 Å². The Morgan fingerprint density at radius 2 is 1.66 bits per heavy atom. The Balaban J connectivity index is 1.56. The number of hydrogen-bond donors (Lipinski definition) is 3. The van der Waals surface area contributed by atoms with Crippen molar-refractivity contribution in [2.45, 2.75) is 128 Å². The van der Waals surface area contributed by atoms with Gasteiger partial charge in [0.15, 0.2) is 6.29 Å². The summed E-state index contributed by atoms with van der Waals surface area (Å²) in [4.78, 5) is 11.7. The predicted molar refractivity (Wildman–Crippen MR) is 128 cm³/mol. The van der Waals surface area contributed by atoms with Crippen molar-refractivity contribution in [2.24, 2.45) is 22.7 Å². The first-order chi connectivity index (χ1) is 16.2. The molecule has 8 nitrogen and oxygen atoms in total. The molecule has 0 radical (unpaired) electrons. The Bertz CT molecular complexity index is 787. The molecule has 2 heterocycles. The molecule has 202 valence electrons. The zero-order valence-corrected chi connectivity index (χ0v) is 22.3. The number of carbonyl (C=O) groups is 1. The molecular formula is C27H46O8. The van der Waals surface area contributed by atoms with Gasteiger partial charge in [-0.15, -0.1) is 0 Å². The molecule has 4 fully saturated rings. The maximum Gasteiger partial charge on any atom is 0.302 e. The highest BCUT2D eigenvalue weighted by molar-refractivity contribution is 5.65. The molecule has 10 atom stereocenters. The molecule has 2 aliphatic heterocycles. The zero-order chi connectivity index (χ0) is 25.8. The van der Waals surface area contributed by atoms with E-state index in [2.05, 4.69) is 27.7 Å². The van der Waals surface area contributed by atoms with Crippen LogP contribution in [-0.2, 0) is 23.7 Å². The zero-order valence-electron chi connectivity index (χ0n) is 22.3. The molecule has 8 heteroatoms. The number of fused-ring (bicyclic) bond motifs is 3. The van der Waals surface area contributed by atoms with E-state index in [1.165, 1.54) is 26.2 Å². The van der Waals surface area contributed by atoms with E-state index in [4.69, 9.17) is 18.9 Å². The molecule has 1 unspecified atom stereocenters. The van der Waals surface area contributed by atoms with Crippen molar-refractivity contribution in [3.63, 3.8) is 0 Å². The van der Waals surface area contributed by atoms with Crippen LogP contribution in [0.4, 0.5) is 0 Å². The van der Waals surface area contributed by atoms with Gasteiger partial charge in [-0.3, -0.25) is 4.79 Å². The van der Waals surface area contributed by atoms with E-state index < -0.39 is 42.3 Å². The van der Waals surface area contributed by atoms with Crippen molar-refractivity contribution in [3.05, 3.63) is 0 Å². The number of ether oxygens (including phenoxy) is 4. The number of carbonyl (C=O) groups excluding carboxylic acids is 1. The van der Waals surface area contributed by atoms with E-state index in [0.29, 0.717) is 17.3 Å². The normalized spacial score (nSPS) is 48.4. The lowest BCUT2D eigenvalue weighted by Gasteiger charge is -2.65. The number of rotatable bonds is 5. The summed E-state index contributed by atoms with van der Waals surface area (Å²) in [6, 6.07) is 0. The van der Waals surface area contributed by atoms with Crippen molar-refractivity contribution in [3.8, 4) is 0 Å². The average molecular weight is 499 g/mol. The maximum atomic E-state index is 11.7. The van der Waals surface area contributed by atoms with Crippen LogP contribution >= 0.6 is 0 Å². The average Bonchev–Trinajstić information content (AvgIpc) is 2.74. The SMILES string of the molecule is CC(=O)OCC(O[C@@H]1OC[C@H](O)[C@H](O)[C@H]1O)[C@]1(C)CC[C@@H]2[C@@]3(C)CCCC(C)(C)[C@@H]3CC[C@@]2(C)O1. The maximum absolute atomic E-state index is 11.7. The number of hydrogen-bond acceptors (Lipinski definition) is 8. The summed E-state index contributed by atoms with van der Waals surface area (Å²) >= 11 is 0. The fourth-order valence-corrected chi connectivity index (χ4v) is 8.22. The van der Waals surface area contributed by atoms with E-state index in [1.807, 2.05) is 6.92 Å². The van der Waals surface area contributed by atoms with Crippen molar-refractivity contribution in [1.29, 1.82) is 0 Å². The number of aliphatic hydroxyl groups excluding tert-OH is 3. The topological polar surface area (TPSA) is 115 Å². The van der Waals surface area contributed by atoms with Crippen LogP contribution in [0.15, 0.2) is 0 Å². The molecule has 4 rings (SSSR count). The lowest BCUT2D eigenvalue weighted by atomic mass is 9.44. The lowest BCUT2D eigenvalue weighted by Crippen LogP contribution is -2.66. The van der Waals surface area contributed by atoms with Crippen LogP contribution in [0.3, 0.4) is 0 Å². The summed E-state index contributed by atoms with van der Waals surface area (Å²) in [5.74, 6) is 0.658. The number of esters is 1. The van der Waals surface area contributed by atoms with Gasteiger partial charge in [0.1, 0.15) is 31.0 Å². The van der Waals surface area contributed by atoms with Gasteiger partial charge in [-0.05, 0) is 75.0 Å². The summed E-state index contributed by atoms with van der Waals surface area (Å²) in [5.41, 5.74) is -0.579. The Kier molecular flexibility index (Phi) is 7.41. The van der Waals surface area contributed by atoms with Crippen molar-refractivity contribution < 1.29 is 39.1 Å². The largest absolute Gasteiger partial charge is 0.463 e. The van der Waals surface area contributed by atoms with E-state index in [9.17, 15) is 20.1 Å². The van der Waals surface area contributed by atoms with Crippen LogP contribution in [-0.4, -0.2) is 76.4 Å². The van der Waals surface area contributed by atoms with Crippen molar-refractivity contribution in [1.82, 2.24) is 0 Å². The summed E-state index contributed by atoms with van der Waals surface area (Å²) < 4.78 is 24.0. The van der Waals surface area contributed by atoms with Crippen LogP contribution in [0.25, 0.3) is 0 Å². The Hall–Kier alpha value is -0.770. The fraction of sp³-hybridized carbons (Fsp3) is 0.963. The molecule has 4 aliphatic rings. The van der Waals surface area contributed by atoms with E-state index in [1.54, 1.807) is 0 Å². The Morgan fingerprint density at radius 3 is 2.34 bits per heavy atom. The fourth-order valence-electron chi connectivity index (χ4n) is 8.22. The molecule has 2 saturated carbocycles. The van der Waals surface area contributed by atoms with Crippen LogP contribution in [0.2, 0.25) is 0 Å². The van der Waals surface area contributed by atoms with Gasteiger partial charge < -0.3 is 34.3 Å². The second-order valence-corrected chi connectivity index (χ2v) is 12.9. The van der Waals surface area contributed by atoms with Gasteiger partial charge in [-0.2, -0.15) is 0 Å². The Labute approximate surface area is 209 Å². The van der Waals surface area contributed by atoms with Crippen molar-refractivity contribution >= 4 is 5.97 Å². The molecular weight excluding hydrogens is 452 g/mol. The lowest BCUT2D eigenvalue weighted by molar-refractivity contribution is -0.334. The molecule has 2 aliphatic carbocycles. The molecule has 0 aromatic heterocycles. The molecule has 0 aromatic rings. The third-order valence-corrected chi connectivity index (χ3v) is 10.0. The van der Waals surface area contributed by atoms with Gasteiger partial charge in [0, 0.05) is 6.92 Å². The summed E-state index contributed by atoms with van der Waals surface area (Å²) in [6.07, 6.45) is 1.66. The molecule has 0 aromatic carbocycles. The summed E-state index contributed by atoms with van der Waals surface area (Å²) in [7, 11) is 0. The molecule has 0 bridgehead atoms. The van der Waals surface area contributed by atoms with Gasteiger partial charge in [0.2, 0.25) is 0 Å². The minimum atomic E-state index is -1.42. The first-order valence-electron chi connectivity index (χ1n) is 13.4. The first-order valence-corrected chi connectivity index (χ1v) is 13.4. The van der Waals surface area contributed by atoms with E-state index in [-0.39, 0.29) is 24.2 Å². The summed E-state index contributed by atoms with van der Waals surface area (Å²) in [5, 5.41) is 30.4. The standard InChI is InChI=1S/C27H46O8/c1-16(28)32-15-20(34-23-22(31)21(30)17(29)14-33-23)27(6)13-9-19-25(4)11-7-10-24(2,3)18(25)8-12-26(19,5)35-27/h17-23,29-31H,7-15H2,1-6H3/t17-,18-,19+,20?,21-,22+,23-,25-,26+,27-/m0/s1. The van der Waals surface area contributed by atoms with Gasteiger partial charge in [-0.1, -0.05) is 27.2 Å². The van der Waals surface area contributed by atoms with Crippen LogP contribution < -0.4 is 0 Å².